The maximum absolute atomic E-state index is 13.2. The number of carbonyl (C=O) groups is 1. The molecule has 0 aliphatic rings. The van der Waals surface area contributed by atoms with Gasteiger partial charge in [0, 0.05) is 6.42 Å². The van der Waals surface area contributed by atoms with Gasteiger partial charge in [-0.2, -0.15) is 0 Å². The zero-order valence-electron chi connectivity index (χ0n) is 8.57. The summed E-state index contributed by atoms with van der Waals surface area (Å²) in [4.78, 5) is 10.8. The maximum atomic E-state index is 13.2. The second kappa shape index (κ2) is 5.76. The van der Waals surface area contributed by atoms with Crippen LogP contribution in [-0.2, 0) is 0 Å². The summed E-state index contributed by atoms with van der Waals surface area (Å²) >= 11 is 0. The van der Waals surface area contributed by atoms with Gasteiger partial charge in [0.05, 0.1) is 6.61 Å². The first-order valence-corrected chi connectivity index (χ1v) is 4.75. The third kappa shape index (κ3) is 2.99. The number of benzene rings is 1. The van der Waals surface area contributed by atoms with Crippen molar-refractivity contribution in [3.05, 3.63) is 29.6 Å². The fourth-order valence-corrected chi connectivity index (χ4v) is 1.19. The van der Waals surface area contributed by atoms with Crippen LogP contribution in [0.2, 0.25) is 0 Å². The molecule has 84 valence electrons. The highest BCUT2D eigenvalue weighted by Crippen LogP contribution is 2.21. The number of aromatic carboxylic acids is 1. The predicted octanol–water partition coefficient (Wildman–Crippen LogP) is 2.32. The maximum Gasteiger partial charge on any atom is 0.342 e. The third-order valence-electron chi connectivity index (χ3n) is 1.91. The fourth-order valence-electron chi connectivity index (χ4n) is 1.19. The van der Waals surface area contributed by atoms with E-state index in [-0.39, 0.29) is 12.4 Å². The molecule has 0 aromatic heterocycles. The summed E-state index contributed by atoms with van der Waals surface area (Å²) in [6, 6.07) is 3.90. The molecule has 0 aliphatic carbocycles. The molecule has 0 fully saturated rings. The van der Waals surface area contributed by atoms with Gasteiger partial charge in [0.2, 0.25) is 0 Å². The number of unbranched alkanes of at least 4 members (excludes halogenated alkanes) is 1. The zero-order chi connectivity index (χ0) is 12.0. The number of carboxylic acids is 1. The average molecular weight is 222 g/mol. The molecule has 16 heavy (non-hydrogen) atoms. The first-order valence-electron chi connectivity index (χ1n) is 4.75. The molecule has 1 N–H and O–H groups in total. The fraction of sp³-hybridized carbons (Fsp3) is 0.250. The lowest BCUT2D eigenvalue weighted by molar-refractivity contribution is 0.0687. The van der Waals surface area contributed by atoms with Crippen molar-refractivity contribution in [2.75, 3.05) is 6.61 Å². The molecule has 1 aromatic rings. The Morgan fingerprint density at radius 3 is 2.94 bits per heavy atom. The van der Waals surface area contributed by atoms with Crippen molar-refractivity contribution in [3.8, 4) is 18.1 Å². The minimum atomic E-state index is -1.34. The first-order chi connectivity index (χ1) is 7.66. The van der Waals surface area contributed by atoms with Crippen molar-refractivity contribution in [2.45, 2.75) is 12.8 Å². The number of rotatable bonds is 5. The van der Waals surface area contributed by atoms with Gasteiger partial charge in [-0.25, -0.2) is 9.18 Å². The third-order valence-corrected chi connectivity index (χ3v) is 1.91. The van der Waals surface area contributed by atoms with E-state index in [0.29, 0.717) is 12.8 Å². The molecule has 0 atom stereocenters. The van der Waals surface area contributed by atoms with Gasteiger partial charge in [0.25, 0.3) is 0 Å². The van der Waals surface area contributed by atoms with E-state index < -0.39 is 17.3 Å². The van der Waals surface area contributed by atoms with Crippen LogP contribution in [0.25, 0.3) is 0 Å². The number of ether oxygens (including phenoxy) is 1. The largest absolute Gasteiger partial charge is 0.493 e. The van der Waals surface area contributed by atoms with E-state index in [1.54, 1.807) is 0 Å². The summed E-state index contributed by atoms with van der Waals surface area (Å²) in [5.41, 5.74) is -0.441. The number of halogens is 1. The lowest BCUT2D eigenvalue weighted by atomic mass is 10.2. The van der Waals surface area contributed by atoms with E-state index in [2.05, 4.69) is 5.92 Å². The molecule has 0 unspecified atom stereocenters. The molecule has 0 spiro atoms. The standard InChI is InChI=1S/C12H11FO3/c1-2-3-4-8-16-10-7-5-6-9(13)11(10)12(14)15/h1,5-7H,3-4,8H2,(H,14,15). The summed E-state index contributed by atoms with van der Waals surface area (Å²) in [6.07, 6.45) is 6.19. The first kappa shape index (κ1) is 12.1. The van der Waals surface area contributed by atoms with Crippen LogP contribution in [0.1, 0.15) is 23.2 Å². The Hall–Kier alpha value is -2.02. The van der Waals surface area contributed by atoms with Gasteiger partial charge >= 0.3 is 5.97 Å². The van der Waals surface area contributed by atoms with Crippen LogP contribution in [0, 0.1) is 18.2 Å². The van der Waals surface area contributed by atoms with Gasteiger partial charge in [0.15, 0.2) is 0 Å². The normalized spacial score (nSPS) is 9.50. The summed E-state index contributed by atoms with van der Waals surface area (Å²) in [5.74, 6) is 0.318. The van der Waals surface area contributed by atoms with Crippen molar-refractivity contribution in [1.82, 2.24) is 0 Å². The Morgan fingerprint density at radius 2 is 2.31 bits per heavy atom. The van der Waals surface area contributed by atoms with E-state index in [1.807, 2.05) is 0 Å². The van der Waals surface area contributed by atoms with Crippen molar-refractivity contribution in [2.24, 2.45) is 0 Å². The molecular formula is C12H11FO3. The van der Waals surface area contributed by atoms with Gasteiger partial charge in [0.1, 0.15) is 17.1 Å². The molecule has 0 saturated heterocycles. The van der Waals surface area contributed by atoms with Crippen LogP contribution in [0.15, 0.2) is 18.2 Å². The van der Waals surface area contributed by atoms with E-state index in [0.717, 1.165) is 6.07 Å². The lowest BCUT2D eigenvalue weighted by Gasteiger charge is -2.08. The Bertz CT molecular complexity index is 421. The molecule has 0 radical (unpaired) electrons. The average Bonchev–Trinajstić information content (AvgIpc) is 2.24. The van der Waals surface area contributed by atoms with Crippen LogP contribution in [-0.4, -0.2) is 17.7 Å². The Labute approximate surface area is 92.9 Å². The molecule has 0 saturated carbocycles. The van der Waals surface area contributed by atoms with Crippen LogP contribution in [0.3, 0.4) is 0 Å². The van der Waals surface area contributed by atoms with Crippen molar-refractivity contribution in [1.29, 1.82) is 0 Å². The van der Waals surface area contributed by atoms with Crippen molar-refractivity contribution >= 4 is 5.97 Å². The quantitative estimate of drug-likeness (QED) is 0.614. The van der Waals surface area contributed by atoms with Crippen LogP contribution < -0.4 is 4.74 Å². The summed E-state index contributed by atoms with van der Waals surface area (Å²) < 4.78 is 18.3. The SMILES string of the molecule is C#CCCCOc1cccc(F)c1C(=O)O. The van der Waals surface area contributed by atoms with E-state index in [1.165, 1.54) is 12.1 Å². The van der Waals surface area contributed by atoms with Gasteiger partial charge in [-0.05, 0) is 18.6 Å². The Kier molecular flexibility index (Phi) is 4.34. The number of hydrogen-bond donors (Lipinski definition) is 1. The smallest absolute Gasteiger partial charge is 0.342 e. The topological polar surface area (TPSA) is 46.5 Å². The molecule has 3 nitrogen and oxygen atoms in total. The number of carboxylic acid groups (broad SMARTS) is 1. The molecule has 1 rings (SSSR count). The molecule has 0 amide bonds. The van der Waals surface area contributed by atoms with Gasteiger partial charge in [-0.3, -0.25) is 0 Å². The van der Waals surface area contributed by atoms with Crippen LogP contribution >= 0.6 is 0 Å². The monoisotopic (exact) mass is 222 g/mol. The summed E-state index contributed by atoms with van der Waals surface area (Å²) in [5, 5.41) is 8.80. The number of terminal acetylenes is 1. The highest BCUT2D eigenvalue weighted by Gasteiger charge is 2.16. The van der Waals surface area contributed by atoms with E-state index in [9.17, 15) is 9.18 Å². The Balaban J connectivity index is 2.76. The summed E-state index contributed by atoms with van der Waals surface area (Å²) in [7, 11) is 0. The zero-order valence-corrected chi connectivity index (χ0v) is 8.57. The predicted molar refractivity (Wildman–Crippen MR) is 56.9 cm³/mol. The second-order valence-electron chi connectivity index (χ2n) is 3.07. The number of hydrogen-bond acceptors (Lipinski definition) is 2. The molecule has 0 bridgehead atoms. The molecule has 0 aliphatic heterocycles. The minimum absolute atomic E-state index is 0.0320. The minimum Gasteiger partial charge on any atom is -0.493 e. The van der Waals surface area contributed by atoms with Crippen LogP contribution in [0.5, 0.6) is 5.75 Å². The highest BCUT2D eigenvalue weighted by molar-refractivity contribution is 5.91. The molecular weight excluding hydrogens is 211 g/mol. The van der Waals surface area contributed by atoms with Crippen LogP contribution in [0.4, 0.5) is 4.39 Å². The Morgan fingerprint density at radius 1 is 1.56 bits per heavy atom. The highest BCUT2D eigenvalue weighted by atomic mass is 19.1. The summed E-state index contributed by atoms with van der Waals surface area (Å²) in [6.45, 7) is 0.272. The molecule has 0 heterocycles. The van der Waals surface area contributed by atoms with Gasteiger partial charge in [-0.15, -0.1) is 12.3 Å². The molecule has 1 aromatic carbocycles. The van der Waals surface area contributed by atoms with Gasteiger partial charge < -0.3 is 9.84 Å². The van der Waals surface area contributed by atoms with Gasteiger partial charge in [-0.1, -0.05) is 6.07 Å². The van der Waals surface area contributed by atoms with Crippen molar-refractivity contribution in [3.63, 3.8) is 0 Å². The second-order valence-corrected chi connectivity index (χ2v) is 3.07. The van der Waals surface area contributed by atoms with E-state index in [4.69, 9.17) is 16.3 Å². The van der Waals surface area contributed by atoms with Crippen molar-refractivity contribution < 1.29 is 19.0 Å². The lowest BCUT2D eigenvalue weighted by Crippen LogP contribution is -2.06. The molecule has 4 heteroatoms. The van der Waals surface area contributed by atoms with E-state index >= 15 is 0 Å².